The number of carbonyl (C=O) groups excluding carboxylic acids is 1. The lowest BCUT2D eigenvalue weighted by Crippen LogP contribution is -2.34. The normalized spacial score (nSPS) is 15.6. The highest BCUT2D eigenvalue weighted by Gasteiger charge is 2.22. The standard InChI is InChI=1S/C24H25N3O3/c28-23(26-16-19-13-15-27(17-19)20-6-2-1-3-7-20)18-29-21-9-11-22(12-10-21)30-24-8-4-5-14-25-24/h1-12,14,19H,13,15-18H2,(H,26,28)/t19-/m0/s1. The summed E-state index contributed by atoms with van der Waals surface area (Å²) in [4.78, 5) is 18.6. The van der Waals surface area contributed by atoms with Gasteiger partial charge < -0.3 is 19.7 Å². The van der Waals surface area contributed by atoms with Gasteiger partial charge in [-0.05, 0) is 54.8 Å². The van der Waals surface area contributed by atoms with Gasteiger partial charge in [0.05, 0.1) is 0 Å². The molecule has 3 aromatic rings. The highest BCUT2D eigenvalue weighted by atomic mass is 16.5. The Morgan fingerprint density at radius 2 is 1.77 bits per heavy atom. The van der Waals surface area contributed by atoms with E-state index in [1.165, 1.54) is 5.69 Å². The summed E-state index contributed by atoms with van der Waals surface area (Å²) in [6.45, 7) is 2.65. The lowest BCUT2D eigenvalue weighted by Gasteiger charge is -2.18. The van der Waals surface area contributed by atoms with E-state index >= 15 is 0 Å². The lowest BCUT2D eigenvalue weighted by molar-refractivity contribution is -0.123. The van der Waals surface area contributed by atoms with Gasteiger partial charge in [-0.25, -0.2) is 4.98 Å². The van der Waals surface area contributed by atoms with Gasteiger partial charge in [0, 0.05) is 37.6 Å². The Labute approximate surface area is 176 Å². The quantitative estimate of drug-likeness (QED) is 0.618. The van der Waals surface area contributed by atoms with Gasteiger partial charge >= 0.3 is 0 Å². The topological polar surface area (TPSA) is 63.7 Å². The number of para-hydroxylation sites is 1. The second-order valence-corrected chi connectivity index (χ2v) is 7.27. The third-order valence-electron chi connectivity index (χ3n) is 5.05. The van der Waals surface area contributed by atoms with Crippen molar-refractivity contribution in [1.82, 2.24) is 10.3 Å². The maximum atomic E-state index is 12.2. The summed E-state index contributed by atoms with van der Waals surface area (Å²) in [7, 11) is 0. The SMILES string of the molecule is O=C(COc1ccc(Oc2ccccn2)cc1)NC[C@@H]1CCN(c2ccccc2)C1. The van der Waals surface area contributed by atoms with Crippen LogP contribution >= 0.6 is 0 Å². The smallest absolute Gasteiger partial charge is 0.257 e. The second kappa shape index (κ2) is 9.78. The first kappa shape index (κ1) is 19.8. The first-order valence-corrected chi connectivity index (χ1v) is 10.1. The highest BCUT2D eigenvalue weighted by Crippen LogP contribution is 2.23. The van der Waals surface area contributed by atoms with Crippen LogP contribution in [0, 0.1) is 5.92 Å². The van der Waals surface area contributed by atoms with Gasteiger partial charge in [0.2, 0.25) is 5.88 Å². The van der Waals surface area contributed by atoms with Gasteiger partial charge in [-0.15, -0.1) is 0 Å². The molecule has 0 radical (unpaired) electrons. The molecule has 0 spiro atoms. The average molecular weight is 403 g/mol. The molecule has 2 heterocycles. The van der Waals surface area contributed by atoms with Gasteiger partial charge in [-0.3, -0.25) is 4.79 Å². The van der Waals surface area contributed by atoms with Crippen LogP contribution in [0.25, 0.3) is 0 Å². The van der Waals surface area contributed by atoms with Gasteiger partial charge in [-0.2, -0.15) is 0 Å². The van der Waals surface area contributed by atoms with Crippen molar-refractivity contribution in [3.05, 3.63) is 79.0 Å². The van der Waals surface area contributed by atoms with Crippen LogP contribution in [0.2, 0.25) is 0 Å². The fourth-order valence-electron chi connectivity index (χ4n) is 3.46. The summed E-state index contributed by atoms with van der Waals surface area (Å²) in [5.41, 5.74) is 1.24. The number of hydrogen-bond acceptors (Lipinski definition) is 5. The number of ether oxygens (including phenoxy) is 2. The molecule has 4 rings (SSSR count). The van der Waals surface area contributed by atoms with Crippen molar-refractivity contribution in [1.29, 1.82) is 0 Å². The maximum Gasteiger partial charge on any atom is 0.257 e. The number of carbonyl (C=O) groups is 1. The highest BCUT2D eigenvalue weighted by molar-refractivity contribution is 5.77. The average Bonchev–Trinajstić information content (AvgIpc) is 3.28. The molecule has 0 bridgehead atoms. The molecule has 1 amide bonds. The monoisotopic (exact) mass is 403 g/mol. The van der Waals surface area contributed by atoms with E-state index in [1.807, 2.05) is 18.2 Å². The molecule has 1 aromatic heterocycles. The van der Waals surface area contributed by atoms with Crippen molar-refractivity contribution >= 4 is 11.6 Å². The van der Waals surface area contributed by atoms with Crippen LogP contribution in [-0.4, -0.2) is 37.1 Å². The molecule has 1 N–H and O–H groups in total. The van der Waals surface area contributed by atoms with Crippen LogP contribution < -0.4 is 19.7 Å². The maximum absolute atomic E-state index is 12.2. The van der Waals surface area contributed by atoms with Gasteiger partial charge in [0.1, 0.15) is 11.5 Å². The number of aromatic nitrogens is 1. The third kappa shape index (κ3) is 5.50. The lowest BCUT2D eigenvalue weighted by atomic mass is 10.1. The summed E-state index contributed by atoms with van der Waals surface area (Å²) in [6, 6.07) is 23.0. The number of nitrogens with zero attached hydrogens (tertiary/aromatic N) is 2. The zero-order chi connectivity index (χ0) is 20.6. The molecule has 1 aliphatic heterocycles. The number of benzene rings is 2. The van der Waals surface area contributed by atoms with Crippen molar-refractivity contribution < 1.29 is 14.3 Å². The van der Waals surface area contributed by atoms with Crippen molar-refractivity contribution in [2.24, 2.45) is 5.92 Å². The van der Waals surface area contributed by atoms with Gasteiger partial charge in [0.25, 0.3) is 5.91 Å². The van der Waals surface area contributed by atoms with E-state index in [9.17, 15) is 4.79 Å². The van der Waals surface area contributed by atoms with Crippen molar-refractivity contribution in [3.8, 4) is 17.4 Å². The van der Waals surface area contributed by atoms with Crippen LogP contribution in [0.1, 0.15) is 6.42 Å². The predicted octanol–water partition coefficient (Wildman–Crippen LogP) is 3.90. The summed E-state index contributed by atoms with van der Waals surface area (Å²) in [6.07, 6.45) is 2.75. The number of pyridine rings is 1. The Morgan fingerprint density at radius 3 is 2.53 bits per heavy atom. The molecule has 1 saturated heterocycles. The molecular weight excluding hydrogens is 378 g/mol. The molecule has 0 unspecified atom stereocenters. The van der Waals surface area contributed by atoms with E-state index in [0.717, 1.165) is 19.5 Å². The molecular formula is C24H25N3O3. The molecule has 6 nitrogen and oxygen atoms in total. The Kier molecular flexibility index (Phi) is 6.44. The predicted molar refractivity (Wildman–Crippen MR) is 116 cm³/mol. The van der Waals surface area contributed by atoms with Crippen LogP contribution in [0.5, 0.6) is 17.4 Å². The van der Waals surface area contributed by atoms with Crippen LogP contribution in [0.4, 0.5) is 5.69 Å². The molecule has 1 aliphatic rings. The molecule has 0 saturated carbocycles. The Bertz CT molecular complexity index is 933. The van der Waals surface area contributed by atoms with Crippen molar-refractivity contribution in [2.75, 3.05) is 31.1 Å². The fourth-order valence-corrected chi connectivity index (χ4v) is 3.46. The number of nitrogens with one attached hydrogen (secondary N) is 1. The van der Waals surface area contributed by atoms with Crippen LogP contribution in [-0.2, 0) is 4.79 Å². The minimum Gasteiger partial charge on any atom is -0.484 e. The number of hydrogen-bond donors (Lipinski definition) is 1. The van der Waals surface area contributed by atoms with Gasteiger partial charge in [-0.1, -0.05) is 24.3 Å². The summed E-state index contributed by atoms with van der Waals surface area (Å²) >= 11 is 0. The fraction of sp³-hybridized carbons (Fsp3) is 0.250. The van der Waals surface area contributed by atoms with Crippen LogP contribution in [0.3, 0.4) is 0 Å². The van der Waals surface area contributed by atoms with Crippen molar-refractivity contribution in [3.63, 3.8) is 0 Å². The summed E-state index contributed by atoms with van der Waals surface area (Å²) < 4.78 is 11.2. The van der Waals surface area contributed by atoms with E-state index in [0.29, 0.717) is 29.8 Å². The zero-order valence-corrected chi connectivity index (χ0v) is 16.7. The number of anilines is 1. The first-order chi connectivity index (χ1) is 14.8. The zero-order valence-electron chi connectivity index (χ0n) is 16.7. The molecule has 6 heteroatoms. The van der Waals surface area contributed by atoms with E-state index in [2.05, 4.69) is 39.5 Å². The Morgan fingerprint density at radius 1 is 1.00 bits per heavy atom. The largest absolute Gasteiger partial charge is 0.484 e. The third-order valence-corrected chi connectivity index (χ3v) is 5.05. The molecule has 30 heavy (non-hydrogen) atoms. The number of amides is 1. The van der Waals surface area contributed by atoms with E-state index < -0.39 is 0 Å². The Balaban J connectivity index is 1.17. The first-order valence-electron chi connectivity index (χ1n) is 10.1. The van der Waals surface area contributed by atoms with E-state index in [-0.39, 0.29) is 12.5 Å². The molecule has 154 valence electrons. The summed E-state index contributed by atoms with van der Waals surface area (Å²) in [5.74, 6) is 2.16. The van der Waals surface area contributed by atoms with Crippen LogP contribution in [0.15, 0.2) is 79.0 Å². The van der Waals surface area contributed by atoms with Gasteiger partial charge in [0.15, 0.2) is 6.61 Å². The summed E-state index contributed by atoms with van der Waals surface area (Å²) in [5, 5.41) is 2.99. The Hall–Kier alpha value is -3.54. The molecule has 2 aromatic carbocycles. The molecule has 0 aliphatic carbocycles. The number of rotatable bonds is 8. The molecule has 1 fully saturated rings. The minimum absolute atomic E-state index is 0.00440. The van der Waals surface area contributed by atoms with Crippen molar-refractivity contribution in [2.45, 2.75) is 6.42 Å². The second-order valence-electron chi connectivity index (χ2n) is 7.27. The van der Waals surface area contributed by atoms with E-state index in [4.69, 9.17) is 9.47 Å². The molecule has 1 atom stereocenters. The van der Waals surface area contributed by atoms with E-state index in [1.54, 1.807) is 36.5 Å². The minimum atomic E-state index is -0.109.